The zero-order chi connectivity index (χ0) is 28.1. The molecule has 16 heteroatoms. The van der Waals surface area contributed by atoms with Crippen LogP contribution in [-0.2, 0) is 30.4 Å². The van der Waals surface area contributed by atoms with Crippen LogP contribution in [0.1, 0.15) is 44.2 Å². The molecule has 4 unspecified atom stereocenters. The van der Waals surface area contributed by atoms with Crippen LogP contribution in [0.25, 0.3) is 0 Å². The Morgan fingerprint density at radius 1 is 1.05 bits per heavy atom. The lowest BCUT2D eigenvalue weighted by molar-refractivity contribution is -0.142. The first-order valence-electron chi connectivity index (χ1n) is 12.2. The third kappa shape index (κ3) is 10.4. The number of aliphatic carboxylic acids is 2. The molecule has 0 spiro atoms. The minimum atomic E-state index is -1.29. The molecule has 1 aliphatic heterocycles. The average Bonchev–Trinajstić information content (AvgIpc) is 3.57. The number of carboxylic acid groups (broad SMARTS) is 2. The van der Waals surface area contributed by atoms with Gasteiger partial charge in [-0.05, 0) is 38.6 Å². The number of hydrogen-bond donors (Lipinski definition) is 9. The standard InChI is InChI=1S/C22H35N9O7/c23-22(24)27-8-2-4-15(21(37)38)30-20(36)16(9-12-10-25-11-28-12)31-19(35)14(5-6-17(32)33)29-18(34)13-3-1-7-26-13/h10-11,13-16,26H,1-9H2,(H,25,28)(H,29,34)(H,30,36)(H,31,35)(H,32,33)(H,37,38)(H4,23,24,27). The number of rotatable bonds is 16. The maximum Gasteiger partial charge on any atom is 0.326 e. The first-order valence-corrected chi connectivity index (χ1v) is 12.2. The molecule has 3 amide bonds. The Labute approximate surface area is 218 Å². The Balaban J connectivity index is 2.14. The minimum Gasteiger partial charge on any atom is -0.481 e. The fraction of sp³-hybridized carbons (Fsp3) is 0.591. The second-order valence-electron chi connectivity index (χ2n) is 8.83. The van der Waals surface area contributed by atoms with Gasteiger partial charge < -0.3 is 47.9 Å². The van der Waals surface area contributed by atoms with E-state index in [4.69, 9.17) is 16.6 Å². The molecule has 0 aliphatic carbocycles. The zero-order valence-electron chi connectivity index (χ0n) is 20.8. The van der Waals surface area contributed by atoms with Gasteiger partial charge in [0.2, 0.25) is 17.7 Å². The number of carbonyl (C=O) groups excluding carboxylic acids is 3. The summed E-state index contributed by atoms with van der Waals surface area (Å²) in [5, 5.41) is 29.1. The zero-order valence-corrected chi connectivity index (χ0v) is 20.8. The number of carbonyl (C=O) groups is 5. The summed E-state index contributed by atoms with van der Waals surface area (Å²) in [5.74, 6) is -4.61. The van der Waals surface area contributed by atoms with Crippen molar-refractivity contribution in [2.75, 3.05) is 13.1 Å². The van der Waals surface area contributed by atoms with E-state index in [0.717, 1.165) is 6.42 Å². The SMILES string of the molecule is NC(N)=NCCCC(NC(=O)C(Cc1cnc[nH]1)NC(=O)C(CCC(=O)O)NC(=O)C1CCCN1)C(=O)O. The lowest BCUT2D eigenvalue weighted by Crippen LogP contribution is -2.57. The van der Waals surface area contributed by atoms with Gasteiger partial charge in [-0.1, -0.05) is 0 Å². The summed E-state index contributed by atoms with van der Waals surface area (Å²) in [5.41, 5.74) is 11.0. The van der Waals surface area contributed by atoms with E-state index in [0.29, 0.717) is 18.7 Å². The molecule has 0 saturated carbocycles. The van der Waals surface area contributed by atoms with Crippen molar-refractivity contribution in [2.24, 2.45) is 16.5 Å². The second kappa shape index (κ2) is 15.1. The van der Waals surface area contributed by atoms with E-state index in [2.05, 4.69) is 36.2 Å². The molecule has 11 N–H and O–H groups in total. The number of aliphatic imine (C=N–C) groups is 1. The van der Waals surface area contributed by atoms with Gasteiger partial charge in [-0.3, -0.25) is 24.2 Å². The van der Waals surface area contributed by atoms with Gasteiger partial charge in [0.25, 0.3) is 0 Å². The Bertz CT molecular complexity index is 989. The molecule has 210 valence electrons. The number of aromatic nitrogens is 2. The normalized spacial score (nSPS) is 17.0. The summed E-state index contributed by atoms with van der Waals surface area (Å²) in [6.45, 7) is 0.810. The van der Waals surface area contributed by atoms with Crippen molar-refractivity contribution >= 4 is 35.6 Å². The number of aromatic amines is 1. The van der Waals surface area contributed by atoms with Crippen LogP contribution in [0.3, 0.4) is 0 Å². The van der Waals surface area contributed by atoms with Crippen molar-refractivity contribution in [3.63, 3.8) is 0 Å². The lowest BCUT2D eigenvalue weighted by atomic mass is 10.1. The largest absolute Gasteiger partial charge is 0.481 e. The molecule has 0 radical (unpaired) electrons. The van der Waals surface area contributed by atoms with Crippen LogP contribution < -0.4 is 32.7 Å². The van der Waals surface area contributed by atoms with Crippen molar-refractivity contribution in [1.82, 2.24) is 31.2 Å². The average molecular weight is 538 g/mol. The maximum absolute atomic E-state index is 13.1. The van der Waals surface area contributed by atoms with Crippen LogP contribution in [0, 0.1) is 0 Å². The van der Waals surface area contributed by atoms with Gasteiger partial charge in [-0.25, -0.2) is 9.78 Å². The molecule has 1 aromatic heterocycles. The van der Waals surface area contributed by atoms with Crippen molar-refractivity contribution in [3.05, 3.63) is 18.2 Å². The molecule has 2 rings (SSSR count). The third-order valence-electron chi connectivity index (χ3n) is 5.83. The van der Waals surface area contributed by atoms with Crippen LogP contribution in [0.5, 0.6) is 0 Å². The summed E-state index contributed by atoms with van der Waals surface area (Å²) in [7, 11) is 0. The van der Waals surface area contributed by atoms with Gasteiger partial charge in [0.1, 0.15) is 18.1 Å². The van der Waals surface area contributed by atoms with E-state index in [1.54, 1.807) is 0 Å². The van der Waals surface area contributed by atoms with Gasteiger partial charge in [-0.15, -0.1) is 0 Å². The summed E-state index contributed by atoms with van der Waals surface area (Å²) < 4.78 is 0. The van der Waals surface area contributed by atoms with Crippen molar-refractivity contribution in [2.45, 2.75) is 69.1 Å². The minimum absolute atomic E-state index is 0.0221. The number of amides is 3. The number of guanidine groups is 1. The fourth-order valence-corrected chi connectivity index (χ4v) is 3.85. The Kier molecular flexibility index (Phi) is 12.0. The van der Waals surface area contributed by atoms with Crippen LogP contribution in [0.15, 0.2) is 17.5 Å². The van der Waals surface area contributed by atoms with Crippen LogP contribution in [0.4, 0.5) is 0 Å². The number of nitrogens with zero attached hydrogens (tertiary/aromatic N) is 2. The van der Waals surface area contributed by atoms with E-state index in [1.807, 2.05) is 0 Å². The highest BCUT2D eigenvalue weighted by molar-refractivity contribution is 5.94. The number of carboxylic acids is 2. The predicted octanol–water partition coefficient (Wildman–Crippen LogP) is -2.84. The Morgan fingerprint density at radius 2 is 1.76 bits per heavy atom. The second-order valence-corrected chi connectivity index (χ2v) is 8.83. The van der Waals surface area contributed by atoms with Gasteiger partial charge in [0.05, 0.1) is 12.4 Å². The smallest absolute Gasteiger partial charge is 0.326 e. The van der Waals surface area contributed by atoms with E-state index in [1.165, 1.54) is 12.5 Å². The van der Waals surface area contributed by atoms with Crippen molar-refractivity contribution < 1.29 is 34.2 Å². The number of imidazole rings is 1. The Hall–Kier alpha value is -4.21. The topological polar surface area (TPSA) is 267 Å². The van der Waals surface area contributed by atoms with Gasteiger partial charge in [0.15, 0.2) is 5.96 Å². The third-order valence-corrected chi connectivity index (χ3v) is 5.83. The van der Waals surface area contributed by atoms with Crippen molar-refractivity contribution in [1.29, 1.82) is 0 Å². The Morgan fingerprint density at radius 3 is 2.34 bits per heavy atom. The number of nitrogens with one attached hydrogen (secondary N) is 5. The molecule has 1 fully saturated rings. The van der Waals surface area contributed by atoms with Crippen LogP contribution in [0.2, 0.25) is 0 Å². The van der Waals surface area contributed by atoms with E-state index in [-0.39, 0.29) is 38.2 Å². The van der Waals surface area contributed by atoms with Gasteiger partial charge in [0, 0.05) is 31.3 Å². The molecule has 38 heavy (non-hydrogen) atoms. The van der Waals surface area contributed by atoms with E-state index in [9.17, 15) is 29.1 Å². The molecule has 1 saturated heterocycles. The molecular weight excluding hydrogens is 502 g/mol. The van der Waals surface area contributed by atoms with E-state index >= 15 is 0 Å². The highest BCUT2D eigenvalue weighted by atomic mass is 16.4. The molecule has 4 atom stereocenters. The number of hydrogen-bond acceptors (Lipinski definition) is 8. The molecular formula is C22H35N9O7. The number of H-pyrrole nitrogens is 1. The first-order chi connectivity index (χ1) is 18.1. The summed E-state index contributed by atoms with van der Waals surface area (Å²) in [6, 6.07) is -4.27. The van der Waals surface area contributed by atoms with Gasteiger partial charge >= 0.3 is 11.9 Å². The first kappa shape index (κ1) is 30.0. The highest BCUT2D eigenvalue weighted by Gasteiger charge is 2.32. The quantitative estimate of drug-likeness (QED) is 0.0588. The molecule has 1 aromatic rings. The molecule has 0 aromatic carbocycles. The maximum atomic E-state index is 13.1. The van der Waals surface area contributed by atoms with E-state index < -0.39 is 60.2 Å². The molecule has 16 nitrogen and oxygen atoms in total. The predicted molar refractivity (Wildman–Crippen MR) is 134 cm³/mol. The van der Waals surface area contributed by atoms with Crippen LogP contribution >= 0.6 is 0 Å². The fourth-order valence-electron chi connectivity index (χ4n) is 3.85. The van der Waals surface area contributed by atoms with Crippen LogP contribution in [-0.4, -0.2) is 93.1 Å². The monoisotopic (exact) mass is 537 g/mol. The van der Waals surface area contributed by atoms with Gasteiger partial charge in [-0.2, -0.15) is 0 Å². The molecule has 0 bridgehead atoms. The highest BCUT2D eigenvalue weighted by Crippen LogP contribution is 2.08. The van der Waals surface area contributed by atoms with Crippen molar-refractivity contribution in [3.8, 4) is 0 Å². The lowest BCUT2D eigenvalue weighted by Gasteiger charge is -2.25. The summed E-state index contributed by atoms with van der Waals surface area (Å²) in [6.07, 6.45) is 3.79. The number of nitrogens with two attached hydrogens (primary N) is 2. The molecule has 2 heterocycles. The summed E-state index contributed by atoms with van der Waals surface area (Å²) in [4.78, 5) is 72.1. The molecule has 1 aliphatic rings. The summed E-state index contributed by atoms with van der Waals surface area (Å²) >= 11 is 0.